The Bertz CT molecular complexity index is 250. The molecule has 5 unspecified atom stereocenters. The third-order valence-electron chi connectivity index (χ3n) is 6.10. The van der Waals surface area contributed by atoms with Gasteiger partial charge in [-0.05, 0) is 68.2 Å². The summed E-state index contributed by atoms with van der Waals surface area (Å²) in [6, 6.07) is 0. The summed E-state index contributed by atoms with van der Waals surface area (Å²) in [6.45, 7) is 0.913. The van der Waals surface area contributed by atoms with Crippen LogP contribution in [0.5, 0.6) is 0 Å². The fourth-order valence-corrected chi connectivity index (χ4v) is 5.33. The van der Waals surface area contributed by atoms with Crippen LogP contribution in [0.15, 0.2) is 0 Å². The van der Waals surface area contributed by atoms with E-state index < -0.39 is 0 Å². The minimum Gasteiger partial charge on any atom is -0.330 e. The predicted molar refractivity (Wildman–Crippen MR) is 72.7 cm³/mol. The lowest BCUT2D eigenvalue weighted by molar-refractivity contribution is -0.0760. The maximum atomic E-state index is 5.78. The molecule has 0 radical (unpaired) electrons. The second kappa shape index (κ2) is 5.30. The smallest absolute Gasteiger partial charge is 0.00746 e. The molecule has 0 aliphatic heterocycles. The summed E-state index contributed by atoms with van der Waals surface area (Å²) in [4.78, 5) is 0. The van der Waals surface area contributed by atoms with Crippen molar-refractivity contribution in [1.29, 1.82) is 0 Å². The molecule has 0 heterocycles. The Morgan fingerprint density at radius 2 is 1.24 bits per heavy atom. The highest BCUT2D eigenvalue weighted by Crippen LogP contribution is 2.58. The van der Waals surface area contributed by atoms with Crippen LogP contribution in [0.2, 0.25) is 0 Å². The van der Waals surface area contributed by atoms with E-state index in [-0.39, 0.29) is 0 Å². The van der Waals surface area contributed by atoms with Crippen molar-refractivity contribution in [2.24, 2.45) is 35.3 Å². The molecule has 0 amide bonds. The van der Waals surface area contributed by atoms with Gasteiger partial charge in [-0.3, -0.25) is 0 Å². The van der Waals surface area contributed by atoms with Crippen molar-refractivity contribution in [2.45, 2.75) is 64.2 Å². The van der Waals surface area contributed by atoms with Crippen molar-refractivity contribution in [2.75, 3.05) is 6.54 Å². The number of nitrogens with two attached hydrogens (primary N) is 1. The van der Waals surface area contributed by atoms with Gasteiger partial charge in [-0.2, -0.15) is 0 Å². The highest BCUT2D eigenvalue weighted by molar-refractivity contribution is 4.99. The van der Waals surface area contributed by atoms with Gasteiger partial charge >= 0.3 is 0 Å². The average Bonchev–Trinajstić information content (AvgIpc) is 2.33. The second-order valence-corrected chi connectivity index (χ2v) is 6.90. The van der Waals surface area contributed by atoms with Gasteiger partial charge in [0.2, 0.25) is 0 Å². The molecule has 3 saturated carbocycles. The summed E-state index contributed by atoms with van der Waals surface area (Å²) >= 11 is 0. The van der Waals surface area contributed by atoms with Crippen molar-refractivity contribution in [3.05, 3.63) is 0 Å². The summed E-state index contributed by atoms with van der Waals surface area (Å²) in [5.41, 5.74) is 5.78. The van der Waals surface area contributed by atoms with Crippen molar-refractivity contribution in [3.8, 4) is 0 Å². The van der Waals surface area contributed by atoms with Crippen molar-refractivity contribution >= 4 is 0 Å². The molecule has 17 heavy (non-hydrogen) atoms. The van der Waals surface area contributed by atoms with E-state index in [1.807, 2.05) is 0 Å². The highest BCUT2D eigenvalue weighted by Gasteiger charge is 2.50. The number of hydrogen-bond acceptors (Lipinski definition) is 1. The molecular weight excluding hydrogens is 206 g/mol. The molecule has 0 aromatic heterocycles. The van der Waals surface area contributed by atoms with Crippen LogP contribution in [-0.4, -0.2) is 6.54 Å². The average molecular weight is 235 g/mol. The Morgan fingerprint density at radius 1 is 0.706 bits per heavy atom. The van der Waals surface area contributed by atoms with Crippen molar-refractivity contribution in [1.82, 2.24) is 0 Å². The first-order valence-electron chi connectivity index (χ1n) is 8.10. The number of fused-ring (bicyclic) bond motifs is 4. The van der Waals surface area contributed by atoms with Gasteiger partial charge in [-0.25, -0.2) is 0 Å². The molecule has 1 heteroatoms. The van der Waals surface area contributed by atoms with E-state index in [0.29, 0.717) is 0 Å². The lowest BCUT2D eigenvalue weighted by Crippen LogP contribution is -2.49. The first-order chi connectivity index (χ1) is 8.40. The molecule has 5 atom stereocenters. The number of rotatable bonds is 2. The fourth-order valence-electron chi connectivity index (χ4n) is 5.33. The van der Waals surface area contributed by atoms with E-state index in [9.17, 15) is 0 Å². The van der Waals surface area contributed by atoms with Gasteiger partial charge in [0.1, 0.15) is 0 Å². The third-order valence-corrected chi connectivity index (χ3v) is 6.10. The zero-order chi connectivity index (χ0) is 11.7. The summed E-state index contributed by atoms with van der Waals surface area (Å²) in [5.74, 6) is 5.48. The minimum atomic E-state index is 0.913. The van der Waals surface area contributed by atoms with Crippen LogP contribution >= 0.6 is 0 Å². The van der Waals surface area contributed by atoms with Gasteiger partial charge in [0.05, 0.1) is 0 Å². The number of hydrogen-bond donors (Lipinski definition) is 1. The predicted octanol–water partition coefficient (Wildman–Crippen LogP) is 3.97. The molecule has 0 aromatic rings. The molecule has 0 spiro atoms. The van der Waals surface area contributed by atoms with E-state index in [0.717, 1.165) is 36.1 Å². The minimum absolute atomic E-state index is 0.913. The summed E-state index contributed by atoms with van der Waals surface area (Å²) < 4.78 is 0. The van der Waals surface area contributed by atoms with E-state index >= 15 is 0 Å². The fraction of sp³-hybridized carbons (Fsp3) is 1.00. The molecule has 98 valence electrons. The normalized spacial score (nSPS) is 46.1. The van der Waals surface area contributed by atoms with Crippen LogP contribution in [0.1, 0.15) is 64.2 Å². The monoisotopic (exact) mass is 235 g/mol. The van der Waals surface area contributed by atoms with E-state index in [4.69, 9.17) is 5.73 Å². The molecule has 3 fully saturated rings. The van der Waals surface area contributed by atoms with Crippen LogP contribution in [0, 0.1) is 29.6 Å². The Balaban J connectivity index is 1.64. The standard InChI is InChI=1S/C16H29N/c17-10-9-12-5-1-2-7-14-13-6-3-4-8-15(13)16(14)11-12/h12-16H,1-11,17H2. The Labute approximate surface area is 107 Å². The van der Waals surface area contributed by atoms with E-state index in [1.54, 1.807) is 19.3 Å². The molecule has 3 rings (SSSR count). The Morgan fingerprint density at radius 3 is 1.82 bits per heavy atom. The maximum Gasteiger partial charge on any atom is -0.00746 e. The molecule has 3 aliphatic rings. The molecule has 0 saturated heterocycles. The second-order valence-electron chi connectivity index (χ2n) is 6.90. The molecule has 0 bridgehead atoms. The van der Waals surface area contributed by atoms with Crippen LogP contribution in [0.3, 0.4) is 0 Å². The molecular formula is C16H29N. The molecule has 3 aliphatic carbocycles. The van der Waals surface area contributed by atoms with Gasteiger partial charge < -0.3 is 5.73 Å². The Hall–Kier alpha value is -0.0400. The van der Waals surface area contributed by atoms with E-state index in [2.05, 4.69) is 0 Å². The molecule has 2 N–H and O–H groups in total. The van der Waals surface area contributed by atoms with Crippen LogP contribution in [-0.2, 0) is 0 Å². The quantitative estimate of drug-likeness (QED) is 0.770. The Kier molecular flexibility index (Phi) is 3.75. The van der Waals surface area contributed by atoms with Crippen LogP contribution < -0.4 is 5.73 Å². The zero-order valence-corrected chi connectivity index (χ0v) is 11.2. The van der Waals surface area contributed by atoms with Crippen LogP contribution in [0.25, 0.3) is 0 Å². The summed E-state index contributed by atoms with van der Waals surface area (Å²) in [7, 11) is 0. The van der Waals surface area contributed by atoms with Gasteiger partial charge in [0.15, 0.2) is 0 Å². The van der Waals surface area contributed by atoms with Crippen LogP contribution in [0.4, 0.5) is 0 Å². The summed E-state index contributed by atoms with van der Waals surface area (Å²) in [6.07, 6.45) is 15.0. The third kappa shape index (κ3) is 2.28. The largest absolute Gasteiger partial charge is 0.330 e. The highest BCUT2D eigenvalue weighted by atomic mass is 14.6. The van der Waals surface area contributed by atoms with Gasteiger partial charge in [-0.15, -0.1) is 0 Å². The summed E-state index contributed by atoms with van der Waals surface area (Å²) in [5, 5.41) is 0. The van der Waals surface area contributed by atoms with Crippen molar-refractivity contribution in [3.63, 3.8) is 0 Å². The van der Waals surface area contributed by atoms with Gasteiger partial charge in [0.25, 0.3) is 0 Å². The topological polar surface area (TPSA) is 26.0 Å². The van der Waals surface area contributed by atoms with Gasteiger partial charge in [-0.1, -0.05) is 32.1 Å². The first-order valence-corrected chi connectivity index (χ1v) is 8.10. The zero-order valence-electron chi connectivity index (χ0n) is 11.2. The maximum absolute atomic E-state index is 5.78. The van der Waals surface area contributed by atoms with E-state index in [1.165, 1.54) is 44.9 Å². The molecule has 0 aromatic carbocycles. The SMILES string of the molecule is NCCC1CCCCC2C3CCCCC3C2C1. The van der Waals surface area contributed by atoms with Crippen molar-refractivity contribution < 1.29 is 0 Å². The lowest BCUT2D eigenvalue weighted by atomic mass is 9.48. The van der Waals surface area contributed by atoms with Gasteiger partial charge in [0, 0.05) is 0 Å². The molecule has 1 nitrogen and oxygen atoms in total. The first kappa shape index (κ1) is 12.0. The lowest BCUT2D eigenvalue weighted by Gasteiger charge is -2.57.